The van der Waals surface area contributed by atoms with Crippen LogP contribution in [0.2, 0.25) is 5.02 Å². The molecule has 0 saturated carbocycles. The van der Waals surface area contributed by atoms with Crippen molar-refractivity contribution in [1.29, 1.82) is 0 Å². The Bertz CT molecular complexity index is 540. The normalized spacial score (nSPS) is 18.1. The Balaban J connectivity index is 2.13. The van der Waals surface area contributed by atoms with Gasteiger partial charge in [-0.3, -0.25) is 9.59 Å². The second-order valence-electron chi connectivity index (χ2n) is 5.39. The Hall–Kier alpha value is -1.59. The number of nitrogens with one attached hydrogen (secondary N) is 2. The Morgan fingerprint density at radius 3 is 2.71 bits per heavy atom. The summed E-state index contributed by atoms with van der Waals surface area (Å²) in [5.74, 6) is -0.232. The van der Waals surface area contributed by atoms with Gasteiger partial charge < -0.3 is 15.5 Å². The molecule has 1 atom stereocenters. The number of anilines is 1. The lowest BCUT2D eigenvalue weighted by molar-refractivity contribution is -0.118. The van der Waals surface area contributed by atoms with E-state index >= 15 is 0 Å². The lowest BCUT2D eigenvalue weighted by Crippen LogP contribution is -2.43. The highest BCUT2D eigenvalue weighted by molar-refractivity contribution is 6.34. The molecule has 5 nitrogen and oxygen atoms in total. The van der Waals surface area contributed by atoms with E-state index in [0.717, 1.165) is 25.8 Å². The van der Waals surface area contributed by atoms with Crippen LogP contribution in [0, 0.1) is 0 Å². The summed E-state index contributed by atoms with van der Waals surface area (Å²) in [5, 5.41) is 6.42. The van der Waals surface area contributed by atoms with Crippen LogP contribution in [0.5, 0.6) is 0 Å². The van der Waals surface area contributed by atoms with Gasteiger partial charge in [0.1, 0.15) is 0 Å². The van der Waals surface area contributed by atoms with Gasteiger partial charge in [0.05, 0.1) is 16.8 Å². The Morgan fingerprint density at radius 1 is 1.33 bits per heavy atom. The molecule has 1 aliphatic heterocycles. The maximum atomic E-state index is 12.2. The molecule has 114 valence electrons. The molecule has 21 heavy (non-hydrogen) atoms. The van der Waals surface area contributed by atoms with Crippen LogP contribution in [0.1, 0.15) is 29.6 Å². The molecule has 0 aromatic heterocycles. The van der Waals surface area contributed by atoms with Crippen LogP contribution < -0.4 is 10.6 Å². The maximum absolute atomic E-state index is 12.2. The summed E-state index contributed by atoms with van der Waals surface area (Å²) in [6.07, 6.45) is 2.95. The van der Waals surface area contributed by atoms with Gasteiger partial charge in [0.25, 0.3) is 5.91 Å². The Morgan fingerprint density at radius 2 is 2.10 bits per heavy atom. The van der Waals surface area contributed by atoms with Crippen LogP contribution in [0.3, 0.4) is 0 Å². The van der Waals surface area contributed by atoms with Crippen molar-refractivity contribution in [3.05, 3.63) is 28.8 Å². The van der Waals surface area contributed by atoms with Crippen molar-refractivity contribution in [2.45, 2.75) is 25.3 Å². The van der Waals surface area contributed by atoms with Gasteiger partial charge in [-0.15, -0.1) is 0 Å². The third-order valence-electron chi connectivity index (χ3n) is 3.50. The van der Waals surface area contributed by atoms with Crippen LogP contribution in [0.15, 0.2) is 18.2 Å². The summed E-state index contributed by atoms with van der Waals surface area (Å²) in [4.78, 5) is 25.6. The molecule has 1 fully saturated rings. The van der Waals surface area contributed by atoms with E-state index in [-0.39, 0.29) is 17.9 Å². The standard InChI is InChI=1S/C15H20ClN3O2/c1-19(2)15(21)10-6-7-11(16)13(9-10)18-14(20)12-5-3-4-8-17-12/h6-7,9,12,17H,3-5,8H2,1-2H3,(H,18,20). The summed E-state index contributed by atoms with van der Waals surface area (Å²) in [6, 6.07) is 4.70. The summed E-state index contributed by atoms with van der Waals surface area (Å²) in [5.41, 5.74) is 0.970. The molecule has 1 aliphatic rings. The summed E-state index contributed by atoms with van der Waals surface area (Å²) < 4.78 is 0. The molecule has 0 radical (unpaired) electrons. The quantitative estimate of drug-likeness (QED) is 0.899. The van der Waals surface area contributed by atoms with Crippen molar-refractivity contribution in [2.75, 3.05) is 26.0 Å². The fourth-order valence-electron chi connectivity index (χ4n) is 2.31. The highest BCUT2D eigenvalue weighted by Gasteiger charge is 2.21. The van der Waals surface area contributed by atoms with Crippen molar-refractivity contribution in [1.82, 2.24) is 10.2 Å². The van der Waals surface area contributed by atoms with Gasteiger partial charge >= 0.3 is 0 Å². The second kappa shape index (κ2) is 6.91. The Labute approximate surface area is 129 Å². The van der Waals surface area contributed by atoms with Gasteiger partial charge in [-0.2, -0.15) is 0 Å². The molecule has 0 aliphatic carbocycles. The minimum absolute atomic E-state index is 0.106. The largest absolute Gasteiger partial charge is 0.345 e. The van der Waals surface area contributed by atoms with Crippen molar-refractivity contribution in [3.63, 3.8) is 0 Å². The number of rotatable bonds is 3. The highest BCUT2D eigenvalue weighted by atomic mass is 35.5. The molecule has 0 bridgehead atoms. The smallest absolute Gasteiger partial charge is 0.253 e. The zero-order chi connectivity index (χ0) is 15.4. The van der Waals surface area contributed by atoms with Gasteiger partial charge in [-0.1, -0.05) is 18.0 Å². The van der Waals surface area contributed by atoms with Gasteiger partial charge in [0.15, 0.2) is 0 Å². The number of carbonyl (C=O) groups excluding carboxylic acids is 2. The SMILES string of the molecule is CN(C)C(=O)c1ccc(Cl)c(NC(=O)C2CCCCN2)c1. The van der Waals surface area contributed by atoms with Gasteiger partial charge in [0.2, 0.25) is 5.91 Å². The number of amides is 2. The number of carbonyl (C=O) groups is 2. The number of hydrogen-bond donors (Lipinski definition) is 2. The summed E-state index contributed by atoms with van der Waals surface area (Å²) in [6.45, 7) is 0.852. The molecule has 1 aromatic carbocycles. The third-order valence-corrected chi connectivity index (χ3v) is 3.83. The third kappa shape index (κ3) is 3.95. The van der Waals surface area contributed by atoms with E-state index in [1.165, 1.54) is 4.90 Å². The van der Waals surface area contributed by atoms with Crippen LogP contribution in [0.25, 0.3) is 0 Å². The molecule has 2 rings (SSSR count). The van der Waals surface area contributed by atoms with Gasteiger partial charge in [0, 0.05) is 19.7 Å². The molecule has 2 amide bonds. The molecule has 2 N–H and O–H groups in total. The number of hydrogen-bond acceptors (Lipinski definition) is 3. The highest BCUT2D eigenvalue weighted by Crippen LogP contribution is 2.24. The fourth-order valence-corrected chi connectivity index (χ4v) is 2.47. The van der Waals surface area contributed by atoms with Crippen molar-refractivity contribution in [2.24, 2.45) is 0 Å². The predicted octanol–water partition coefficient (Wildman–Crippen LogP) is 2.12. The number of piperidine rings is 1. The van der Waals surface area contributed by atoms with E-state index < -0.39 is 0 Å². The second-order valence-corrected chi connectivity index (χ2v) is 5.79. The van der Waals surface area contributed by atoms with E-state index in [4.69, 9.17) is 11.6 Å². The zero-order valence-electron chi connectivity index (χ0n) is 12.3. The van der Waals surface area contributed by atoms with Gasteiger partial charge in [-0.05, 0) is 37.6 Å². The molecule has 1 heterocycles. The molecular formula is C15H20ClN3O2. The number of benzene rings is 1. The molecule has 1 aromatic rings. The first kappa shape index (κ1) is 15.8. The van der Waals surface area contributed by atoms with Crippen LogP contribution in [-0.2, 0) is 4.79 Å². The first-order chi connectivity index (χ1) is 9.99. The lowest BCUT2D eigenvalue weighted by atomic mass is 10.0. The molecular weight excluding hydrogens is 290 g/mol. The van der Waals surface area contributed by atoms with E-state index in [1.54, 1.807) is 32.3 Å². The lowest BCUT2D eigenvalue weighted by Gasteiger charge is -2.23. The minimum Gasteiger partial charge on any atom is -0.345 e. The monoisotopic (exact) mass is 309 g/mol. The molecule has 6 heteroatoms. The maximum Gasteiger partial charge on any atom is 0.253 e. The van der Waals surface area contributed by atoms with E-state index in [9.17, 15) is 9.59 Å². The first-order valence-corrected chi connectivity index (χ1v) is 7.42. The van der Waals surface area contributed by atoms with Gasteiger partial charge in [-0.25, -0.2) is 0 Å². The fraction of sp³-hybridized carbons (Fsp3) is 0.467. The van der Waals surface area contributed by atoms with E-state index in [1.807, 2.05) is 0 Å². The number of nitrogens with zero attached hydrogens (tertiary/aromatic N) is 1. The summed E-state index contributed by atoms with van der Waals surface area (Å²) in [7, 11) is 3.36. The molecule has 0 spiro atoms. The zero-order valence-corrected chi connectivity index (χ0v) is 13.0. The van der Waals surface area contributed by atoms with Crippen LogP contribution in [0.4, 0.5) is 5.69 Å². The molecule has 1 unspecified atom stereocenters. The molecule has 1 saturated heterocycles. The minimum atomic E-state index is -0.192. The topological polar surface area (TPSA) is 61.4 Å². The van der Waals surface area contributed by atoms with E-state index in [2.05, 4.69) is 10.6 Å². The van der Waals surface area contributed by atoms with E-state index in [0.29, 0.717) is 16.3 Å². The van der Waals surface area contributed by atoms with Crippen molar-refractivity contribution >= 4 is 29.1 Å². The average molecular weight is 310 g/mol. The van der Waals surface area contributed by atoms with Crippen molar-refractivity contribution < 1.29 is 9.59 Å². The first-order valence-electron chi connectivity index (χ1n) is 7.04. The summed E-state index contributed by atoms with van der Waals surface area (Å²) >= 11 is 6.10. The average Bonchev–Trinajstić information content (AvgIpc) is 2.49. The van der Waals surface area contributed by atoms with Crippen LogP contribution in [-0.4, -0.2) is 43.4 Å². The Kier molecular flexibility index (Phi) is 5.20. The predicted molar refractivity (Wildman–Crippen MR) is 83.7 cm³/mol. The number of halogens is 1. The van der Waals surface area contributed by atoms with Crippen LogP contribution >= 0.6 is 11.6 Å². The van der Waals surface area contributed by atoms with Crippen molar-refractivity contribution in [3.8, 4) is 0 Å².